The van der Waals surface area contributed by atoms with Crippen molar-refractivity contribution in [2.75, 3.05) is 6.61 Å². The van der Waals surface area contributed by atoms with Crippen molar-refractivity contribution in [2.45, 2.75) is 91.0 Å². The van der Waals surface area contributed by atoms with Crippen molar-refractivity contribution >= 4 is 11.6 Å². The molecule has 0 bridgehead atoms. The Morgan fingerprint density at radius 3 is 1.89 bits per heavy atom. The van der Waals surface area contributed by atoms with Crippen LogP contribution in [0.5, 0.6) is 0 Å². The molecular weight excluding hydrogens is 244 g/mol. The molecule has 0 spiro atoms. The molecule has 0 aromatic heterocycles. The minimum atomic E-state index is -0.135. The maximum absolute atomic E-state index is 6.41. The molecule has 0 fully saturated rings. The summed E-state index contributed by atoms with van der Waals surface area (Å²) in [6, 6.07) is 0. The lowest BCUT2D eigenvalue weighted by atomic mass is 9.72. The van der Waals surface area contributed by atoms with Gasteiger partial charge in [0.2, 0.25) is 0 Å². The zero-order valence-electron chi connectivity index (χ0n) is 13.5. The highest BCUT2D eigenvalue weighted by atomic mass is 35.5. The zero-order valence-corrected chi connectivity index (χ0v) is 14.3. The fourth-order valence-corrected chi connectivity index (χ4v) is 3.22. The molecule has 18 heavy (non-hydrogen) atoms. The van der Waals surface area contributed by atoms with Gasteiger partial charge < -0.3 is 4.74 Å². The van der Waals surface area contributed by atoms with E-state index in [-0.39, 0.29) is 15.9 Å². The predicted octanol–water partition coefficient (Wildman–Crippen LogP) is 5.80. The van der Waals surface area contributed by atoms with E-state index in [9.17, 15) is 0 Å². The zero-order chi connectivity index (χ0) is 14.4. The van der Waals surface area contributed by atoms with E-state index in [2.05, 4.69) is 48.5 Å². The second-order valence-corrected chi connectivity index (χ2v) is 8.22. The first-order chi connectivity index (χ1) is 8.04. The van der Waals surface area contributed by atoms with Crippen LogP contribution < -0.4 is 0 Å². The van der Waals surface area contributed by atoms with Crippen LogP contribution in [0.15, 0.2) is 0 Å². The molecule has 0 saturated carbocycles. The first-order valence-electron chi connectivity index (χ1n) is 7.36. The molecule has 0 saturated heterocycles. The molecular formula is C16H33ClO. The van der Waals surface area contributed by atoms with Gasteiger partial charge in [0, 0.05) is 11.5 Å². The van der Waals surface area contributed by atoms with Crippen molar-refractivity contribution in [1.29, 1.82) is 0 Å². The molecule has 0 aromatic rings. The molecule has 2 heteroatoms. The molecule has 0 heterocycles. The lowest BCUT2D eigenvalue weighted by Crippen LogP contribution is -2.36. The van der Waals surface area contributed by atoms with Crippen LogP contribution in [0.25, 0.3) is 0 Å². The van der Waals surface area contributed by atoms with Crippen molar-refractivity contribution in [2.24, 2.45) is 5.41 Å². The predicted molar refractivity (Wildman–Crippen MR) is 82.5 cm³/mol. The monoisotopic (exact) mass is 276 g/mol. The standard InChI is InChI=1S/C16H33ClO/c1-8-10-11-18-15(5,6)13-16(7,9-2)12-14(3,4)17/h8-13H2,1-7H3. The number of hydrogen-bond donors (Lipinski definition) is 0. The summed E-state index contributed by atoms with van der Waals surface area (Å²) in [6.45, 7) is 16.3. The van der Waals surface area contributed by atoms with Crippen molar-refractivity contribution in [3.63, 3.8) is 0 Å². The van der Waals surface area contributed by atoms with Gasteiger partial charge in [0.25, 0.3) is 0 Å². The molecule has 0 aliphatic rings. The average molecular weight is 277 g/mol. The molecule has 0 radical (unpaired) electrons. The fourth-order valence-electron chi connectivity index (χ4n) is 2.90. The van der Waals surface area contributed by atoms with Gasteiger partial charge in [0.1, 0.15) is 0 Å². The Balaban J connectivity index is 4.49. The molecule has 0 aliphatic carbocycles. The first-order valence-corrected chi connectivity index (χ1v) is 7.74. The Morgan fingerprint density at radius 2 is 1.50 bits per heavy atom. The Hall–Kier alpha value is 0.250. The Morgan fingerprint density at radius 1 is 0.944 bits per heavy atom. The van der Waals surface area contributed by atoms with Gasteiger partial charge in [-0.15, -0.1) is 11.6 Å². The van der Waals surface area contributed by atoms with E-state index < -0.39 is 0 Å². The number of unbranched alkanes of at least 4 members (excludes halogenated alkanes) is 1. The quantitative estimate of drug-likeness (QED) is 0.382. The highest BCUT2D eigenvalue weighted by molar-refractivity contribution is 6.23. The van der Waals surface area contributed by atoms with E-state index in [1.165, 1.54) is 6.42 Å². The molecule has 0 amide bonds. The van der Waals surface area contributed by atoms with Crippen molar-refractivity contribution in [1.82, 2.24) is 0 Å². The number of hydrogen-bond acceptors (Lipinski definition) is 1. The summed E-state index contributed by atoms with van der Waals surface area (Å²) < 4.78 is 6.04. The summed E-state index contributed by atoms with van der Waals surface area (Å²) >= 11 is 6.41. The summed E-state index contributed by atoms with van der Waals surface area (Å²) in [4.78, 5) is -0.135. The summed E-state index contributed by atoms with van der Waals surface area (Å²) in [5, 5.41) is 0. The van der Waals surface area contributed by atoms with Gasteiger partial charge in [0.05, 0.1) is 5.60 Å². The van der Waals surface area contributed by atoms with Gasteiger partial charge in [-0.2, -0.15) is 0 Å². The van der Waals surface area contributed by atoms with Crippen LogP contribution in [-0.2, 0) is 4.74 Å². The molecule has 110 valence electrons. The number of halogens is 1. The number of ether oxygens (including phenoxy) is 1. The second kappa shape index (κ2) is 7.14. The van der Waals surface area contributed by atoms with Crippen LogP contribution in [0.1, 0.15) is 80.6 Å². The van der Waals surface area contributed by atoms with Gasteiger partial charge in [-0.05, 0) is 52.4 Å². The van der Waals surface area contributed by atoms with Gasteiger partial charge in [-0.25, -0.2) is 0 Å². The van der Waals surface area contributed by atoms with Crippen molar-refractivity contribution in [3.05, 3.63) is 0 Å². The highest BCUT2D eigenvalue weighted by Crippen LogP contribution is 2.41. The molecule has 0 N–H and O–H groups in total. The minimum Gasteiger partial charge on any atom is -0.376 e. The largest absolute Gasteiger partial charge is 0.376 e. The normalized spacial score (nSPS) is 16.7. The molecule has 0 aromatic carbocycles. The number of alkyl halides is 1. The fraction of sp³-hybridized carbons (Fsp3) is 1.00. The first kappa shape index (κ1) is 18.2. The van der Waals surface area contributed by atoms with Crippen LogP contribution in [0.4, 0.5) is 0 Å². The van der Waals surface area contributed by atoms with E-state index in [1.807, 2.05) is 0 Å². The average Bonchev–Trinajstić information content (AvgIpc) is 2.14. The third-order valence-corrected chi connectivity index (χ3v) is 3.68. The lowest BCUT2D eigenvalue weighted by Gasteiger charge is -2.40. The minimum absolute atomic E-state index is 0.0535. The Bertz CT molecular complexity index is 230. The smallest absolute Gasteiger partial charge is 0.0631 e. The van der Waals surface area contributed by atoms with Gasteiger partial charge in [0.15, 0.2) is 0 Å². The lowest BCUT2D eigenvalue weighted by molar-refractivity contribution is -0.0530. The summed E-state index contributed by atoms with van der Waals surface area (Å²) in [5.74, 6) is 0. The second-order valence-electron chi connectivity index (χ2n) is 7.20. The van der Waals surface area contributed by atoms with Gasteiger partial charge in [-0.1, -0.05) is 33.6 Å². The molecule has 0 rings (SSSR count). The SMILES string of the molecule is CCCCOC(C)(C)CC(C)(CC)CC(C)(C)Cl. The van der Waals surface area contributed by atoms with Crippen molar-refractivity contribution < 1.29 is 4.74 Å². The van der Waals surface area contributed by atoms with Gasteiger partial charge >= 0.3 is 0 Å². The molecule has 1 nitrogen and oxygen atoms in total. The van der Waals surface area contributed by atoms with Crippen molar-refractivity contribution in [3.8, 4) is 0 Å². The molecule has 1 atom stereocenters. The molecule has 0 aliphatic heterocycles. The van der Waals surface area contributed by atoms with E-state index in [1.54, 1.807) is 0 Å². The third kappa shape index (κ3) is 8.37. The topological polar surface area (TPSA) is 9.23 Å². The summed E-state index contributed by atoms with van der Waals surface area (Å²) in [6.07, 6.45) is 5.57. The van der Waals surface area contributed by atoms with E-state index in [0.29, 0.717) is 0 Å². The highest BCUT2D eigenvalue weighted by Gasteiger charge is 2.35. The maximum atomic E-state index is 6.41. The van der Waals surface area contributed by atoms with Crippen LogP contribution in [0.3, 0.4) is 0 Å². The van der Waals surface area contributed by atoms with Gasteiger partial charge in [-0.3, -0.25) is 0 Å². The Kier molecular flexibility index (Phi) is 7.24. The van der Waals surface area contributed by atoms with E-state index in [0.717, 1.165) is 32.3 Å². The summed E-state index contributed by atoms with van der Waals surface area (Å²) in [5.41, 5.74) is 0.197. The van der Waals surface area contributed by atoms with Crippen LogP contribution in [0.2, 0.25) is 0 Å². The molecule has 1 unspecified atom stereocenters. The van der Waals surface area contributed by atoms with Crippen LogP contribution in [0, 0.1) is 5.41 Å². The van der Waals surface area contributed by atoms with Crippen LogP contribution in [-0.4, -0.2) is 17.1 Å². The maximum Gasteiger partial charge on any atom is 0.0631 e. The number of rotatable bonds is 9. The Labute approximate surface area is 120 Å². The van der Waals surface area contributed by atoms with E-state index >= 15 is 0 Å². The van der Waals surface area contributed by atoms with E-state index in [4.69, 9.17) is 16.3 Å². The third-order valence-electron chi connectivity index (χ3n) is 3.54. The van der Waals surface area contributed by atoms with Crippen LogP contribution >= 0.6 is 11.6 Å². The summed E-state index contributed by atoms with van der Waals surface area (Å²) in [7, 11) is 0.